The normalized spacial score (nSPS) is 11.5. The highest BCUT2D eigenvalue weighted by Crippen LogP contribution is 2.42. The summed E-state index contributed by atoms with van der Waals surface area (Å²) in [6, 6.07) is 72.5. The van der Waals surface area contributed by atoms with Crippen LogP contribution in [0, 0.1) is 0 Å². The molecule has 8 aromatic carbocycles. The van der Waals surface area contributed by atoms with E-state index in [9.17, 15) is 0 Å². The summed E-state index contributed by atoms with van der Waals surface area (Å²) < 4.78 is 4.80. The lowest BCUT2D eigenvalue weighted by atomic mass is 10.0. The minimum Gasteiger partial charge on any atom is -0.307 e. The molecule has 62 heavy (non-hydrogen) atoms. The average molecular weight is 793 g/mol. The van der Waals surface area contributed by atoms with Gasteiger partial charge < -0.3 is 9.13 Å². The Morgan fingerprint density at radius 1 is 0.290 bits per heavy atom. The Hall–Kier alpha value is -8.48. The molecule has 0 bridgehead atoms. The number of aromatic nitrogens is 6. The van der Waals surface area contributed by atoms with Crippen molar-refractivity contribution in [3.63, 3.8) is 0 Å². The summed E-state index contributed by atoms with van der Waals surface area (Å²) in [6.07, 6.45) is 3.68. The molecule has 0 N–H and O–H groups in total. The van der Waals surface area contributed by atoms with E-state index in [1.54, 1.807) is 6.20 Å². The van der Waals surface area contributed by atoms with Gasteiger partial charge in [-0.25, -0.2) is 15.0 Å². The van der Waals surface area contributed by atoms with Crippen molar-refractivity contribution in [3.8, 4) is 67.8 Å². The van der Waals surface area contributed by atoms with Gasteiger partial charge in [0.1, 0.15) is 0 Å². The van der Waals surface area contributed by atoms with Crippen molar-refractivity contribution in [1.29, 1.82) is 0 Å². The van der Waals surface area contributed by atoms with Crippen molar-refractivity contribution in [2.75, 3.05) is 0 Å². The largest absolute Gasteiger partial charge is 0.307 e. The summed E-state index contributed by atoms with van der Waals surface area (Å²) in [5, 5.41) is 4.74. The number of rotatable bonds is 7. The number of para-hydroxylation sites is 5. The van der Waals surface area contributed by atoms with Gasteiger partial charge >= 0.3 is 0 Å². The minimum atomic E-state index is 0.577. The van der Waals surface area contributed by atoms with Gasteiger partial charge in [-0.2, -0.15) is 0 Å². The molecule has 6 heteroatoms. The van der Waals surface area contributed by atoms with Crippen LogP contribution in [0.4, 0.5) is 0 Å². The quantitative estimate of drug-likeness (QED) is 0.161. The first kappa shape index (κ1) is 35.5. The van der Waals surface area contributed by atoms with Crippen LogP contribution in [0.2, 0.25) is 0 Å². The van der Waals surface area contributed by atoms with Crippen molar-refractivity contribution in [2.24, 2.45) is 0 Å². The lowest BCUT2D eigenvalue weighted by Crippen LogP contribution is -2.08. The molecule has 0 aliphatic heterocycles. The van der Waals surface area contributed by atoms with Crippen LogP contribution in [-0.4, -0.2) is 29.1 Å². The third-order valence-electron chi connectivity index (χ3n) is 11.9. The highest BCUT2D eigenvalue weighted by molar-refractivity contribution is 6.12. The van der Waals surface area contributed by atoms with Crippen molar-refractivity contribution in [2.45, 2.75) is 0 Å². The molecule has 0 spiro atoms. The molecule has 0 amide bonds. The van der Waals surface area contributed by atoms with E-state index >= 15 is 0 Å². The van der Waals surface area contributed by atoms with E-state index in [0.29, 0.717) is 17.5 Å². The summed E-state index contributed by atoms with van der Waals surface area (Å²) >= 11 is 0. The second-order valence-electron chi connectivity index (χ2n) is 15.5. The predicted octanol–water partition coefficient (Wildman–Crippen LogP) is 13.8. The van der Waals surface area contributed by atoms with Gasteiger partial charge in [-0.15, -0.1) is 0 Å². The van der Waals surface area contributed by atoms with Gasteiger partial charge in [0.15, 0.2) is 17.5 Å². The van der Waals surface area contributed by atoms with Crippen LogP contribution in [0.1, 0.15) is 0 Å². The third-order valence-corrected chi connectivity index (χ3v) is 11.9. The Morgan fingerprint density at radius 2 is 0.710 bits per heavy atom. The van der Waals surface area contributed by atoms with Gasteiger partial charge in [-0.3, -0.25) is 4.98 Å². The van der Waals surface area contributed by atoms with Gasteiger partial charge in [0.2, 0.25) is 0 Å². The molecule has 6 nitrogen and oxygen atoms in total. The van der Waals surface area contributed by atoms with E-state index in [0.717, 1.165) is 72.4 Å². The zero-order chi connectivity index (χ0) is 41.0. The second kappa shape index (κ2) is 14.7. The van der Waals surface area contributed by atoms with Crippen LogP contribution in [0.25, 0.3) is 111 Å². The molecule has 0 aliphatic rings. The van der Waals surface area contributed by atoms with E-state index in [2.05, 4.69) is 208 Å². The van der Waals surface area contributed by atoms with E-state index < -0.39 is 0 Å². The summed E-state index contributed by atoms with van der Waals surface area (Å²) in [4.78, 5) is 20.3. The molecule has 12 aromatic rings. The maximum Gasteiger partial charge on any atom is 0.166 e. The minimum absolute atomic E-state index is 0.577. The van der Waals surface area contributed by atoms with Crippen LogP contribution >= 0.6 is 0 Å². The molecule has 0 saturated carbocycles. The second-order valence-corrected chi connectivity index (χ2v) is 15.5. The molecule has 12 rings (SSSR count). The standard InChI is InChI=1S/C56H36N6/c1-2-14-37(15-3-1)38-27-31-40(32-28-38)54-58-55(41-33-29-39(30-34-41)42-16-13-35-57-36-42)60-56(59-54)47-21-12-26-52(61-48-22-8-4-17-43(48)44-18-5-9-23-49(44)61)53(47)62-50-24-10-6-19-45(50)46-20-7-11-25-51(46)62/h1-36H. The van der Waals surface area contributed by atoms with Crippen molar-refractivity contribution < 1.29 is 0 Å². The SMILES string of the molecule is c1ccc(-c2ccc(-c3nc(-c4ccc(-c5cccnc5)cc4)nc(-c4cccc(-n5c6ccccc6c6ccccc65)c4-n4c5ccccc5c5ccccc54)n3)cc2)cc1. The molecule has 0 saturated heterocycles. The Bertz CT molecular complexity index is 3400. The van der Waals surface area contributed by atoms with Crippen LogP contribution in [0.15, 0.2) is 219 Å². The number of nitrogens with zero attached hydrogens (tertiary/aromatic N) is 6. The summed E-state index contributed by atoms with van der Waals surface area (Å²) in [5.41, 5.74) is 13.5. The van der Waals surface area contributed by atoms with Crippen LogP contribution in [0.5, 0.6) is 0 Å². The van der Waals surface area contributed by atoms with Gasteiger partial charge in [-0.1, -0.05) is 164 Å². The zero-order valence-electron chi connectivity index (χ0n) is 33.5. The fourth-order valence-electron chi connectivity index (χ4n) is 9.01. The Kier molecular flexibility index (Phi) is 8.38. The highest BCUT2D eigenvalue weighted by atomic mass is 15.1. The van der Waals surface area contributed by atoms with Crippen molar-refractivity contribution >= 4 is 43.6 Å². The number of benzene rings is 8. The summed E-state index contributed by atoms with van der Waals surface area (Å²) in [7, 11) is 0. The smallest absolute Gasteiger partial charge is 0.166 e. The van der Waals surface area contributed by atoms with Crippen LogP contribution in [0.3, 0.4) is 0 Å². The average Bonchev–Trinajstić information content (AvgIpc) is 3.87. The molecular weight excluding hydrogens is 757 g/mol. The molecule has 290 valence electrons. The molecule has 0 fully saturated rings. The molecule has 4 heterocycles. The van der Waals surface area contributed by atoms with Gasteiger partial charge in [0, 0.05) is 50.6 Å². The maximum atomic E-state index is 5.39. The van der Waals surface area contributed by atoms with Crippen molar-refractivity contribution in [1.82, 2.24) is 29.1 Å². The molecule has 0 aliphatic carbocycles. The van der Waals surface area contributed by atoms with Crippen LogP contribution in [-0.2, 0) is 0 Å². The lowest BCUT2D eigenvalue weighted by molar-refractivity contribution is 1.05. The van der Waals surface area contributed by atoms with E-state index in [1.165, 1.54) is 21.5 Å². The Morgan fingerprint density at radius 3 is 1.23 bits per heavy atom. The molecule has 0 unspecified atom stereocenters. The first-order chi connectivity index (χ1) is 30.8. The topological polar surface area (TPSA) is 61.4 Å². The number of pyridine rings is 1. The molecular formula is C56H36N6. The fourth-order valence-corrected chi connectivity index (χ4v) is 9.01. The van der Waals surface area contributed by atoms with Gasteiger partial charge in [0.05, 0.1) is 33.4 Å². The lowest BCUT2D eigenvalue weighted by Gasteiger charge is -2.20. The maximum absolute atomic E-state index is 5.39. The molecule has 0 radical (unpaired) electrons. The number of hydrogen-bond donors (Lipinski definition) is 0. The first-order valence-corrected chi connectivity index (χ1v) is 20.8. The Balaban J connectivity index is 1.15. The molecule has 4 aromatic heterocycles. The zero-order valence-corrected chi connectivity index (χ0v) is 33.5. The summed E-state index contributed by atoms with van der Waals surface area (Å²) in [5.74, 6) is 1.76. The monoisotopic (exact) mass is 792 g/mol. The number of hydrogen-bond acceptors (Lipinski definition) is 4. The Labute approximate surface area is 357 Å². The van der Waals surface area contributed by atoms with Gasteiger partial charge in [-0.05, 0) is 64.7 Å². The number of fused-ring (bicyclic) bond motifs is 6. The first-order valence-electron chi connectivity index (χ1n) is 20.8. The third kappa shape index (κ3) is 5.88. The fraction of sp³-hybridized carbons (Fsp3) is 0. The van der Waals surface area contributed by atoms with E-state index in [-0.39, 0.29) is 0 Å². The van der Waals surface area contributed by atoms with Gasteiger partial charge in [0.25, 0.3) is 0 Å². The summed E-state index contributed by atoms with van der Waals surface area (Å²) in [6.45, 7) is 0. The van der Waals surface area contributed by atoms with Crippen LogP contribution < -0.4 is 0 Å². The molecule has 0 atom stereocenters. The van der Waals surface area contributed by atoms with E-state index in [1.807, 2.05) is 18.3 Å². The highest BCUT2D eigenvalue weighted by Gasteiger charge is 2.24. The van der Waals surface area contributed by atoms with E-state index in [4.69, 9.17) is 15.0 Å². The van der Waals surface area contributed by atoms with Crippen molar-refractivity contribution in [3.05, 3.63) is 219 Å². The predicted molar refractivity (Wildman–Crippen MR) is 253 cm³/mol.